The maximum atomic E-state index is 11.8. The molecule has 0 saturated heterocycles. The maximum absolute atomic E-state index is 11.8. The summed E-state index contributed by atoms with van der Waals surface area (Å²) in [6, 6.07) is -0.914. The molecule has 2 amide bonds. The lowest BCUT2D eigenvalue weighted by Gasteiger charge is -2.19. The number of hydrogen-bond donors (Lipinski definition) is 4. The molecule has 0 radical (unpaired) electrons. The second-order valence-electron chi connectivity index (χ2n) is 4.93. The van der Waals surface area contributed by atoms with Gasteiger partial charge in [-0.3, -0.25) is 14.4 Å². The van der Waals surface area contributed by atoms with Crippen molar-refractivity contribution < 1.29 is 19.5 Å². The lowest BCUT2D eigenvalue weighted by atomic mass is 9.97. The van der Waals surface area contributed by atoms with E-state index in [9.17, 15) is 14.4 Å². The summed E-state index contributed by atoms with van der Waals surface area (Å²) >= 11 is 0. The molecule has 0 aromatic carbocycles. The van der Waals surface area contributed by atoms with Gasteiger partial charge in [0.1, 0.15) is 6.04 Å². The molecule has 20 heavy (non-hydrogen) atoms. The molecule has 0 rings (SSSR count). The summed E-state index contributed by atoms with van der Waals surface area (Å²) < 4.78 is 0. The average Bonchev–Trinajstić information content (AvgIpc) is 2.35. The molecule has 0 aromatic heterocycles. The van der Waals surface area contributed by atoms with Crippen molar-refractivity contribution >= 4 is 17.8 Å². The van der Waals surface area contributed by atoms with E-state index in [4.69, 9.17) is 10.8 Å². The minimum atomic E-state index is -1.02. The Balaban J connectivity index is 0. The summed E-state index contributed by atoms with van der Waals surface area (Å²) in [5, 5.41) is 11.0. The quantitative estimate of drug-likeness (QED) is 0.501. The molecule has 0 aliphatic carbocycles. The van der Waals surface area contributed by atoms with E-state index in [0.717, 1.165) is 0 Å². The number of rotatable bonds is 8. The number of carbonyl (C=O) groups excluding carboxylic acids is 2. The minimum Gasteiger partial charge on any atom is -0.481 e. The van der Waals surface area contributed by atoms with Gasteiger partial charge in [-0.25, -0.2) is 0 Å². The fourth-order valence-electron chi connectivity index (χ4n) is 1.68. The highest BCUT2D eigenvalue weighted by molar-refractivity contribution is 5.87. The van der Waals surface area contributed by atoms with E-state index in [1.807, 2.05) is 13.8 Å². The van der Waals surface area contributed by atoms with Crippen molar-refractivity contribution in [2.24, 2.45) is 23.3 Å². The lowest BCUT2D eigenvalue weighted by Crippen LogP contribution is -2.46. The summed E-state index contributed by atoms with van der Waals surface area (Å²) in [4.78, 5) is 33.3. The van der Waals surface area contributed by atoms with Crippen LogP contribution in [-0.2, 0) is 14.4 Å². The molecule has 0 spiro atoms. The first kappa shape index (κ1) is 20.7. The SMILES string of the molecule is CC(C)CC(C)C(=O)NC(CCC(=O)O)C(N)=O.CN. The molecule has 2 unspecified atom stereocenters. The molecule has 0 saturated carbocycles. The van der Waals surface area contributed by atoms with E-state index >= 15 is 0 Å². The molecule has 118 valence electrons. The first-order valence-corrected chi connectivity index (χ1v) is 6.63. The van der Waals surface area contributed by atoms with Crippen LogP contribution in [0.5, 0.6) is 0 Å². The number of aliphatic carboxylic acids is 1. The van der Waals surface area contributed by atoms with E-state index in [2.05, 4.69) is 11.1 Å². The van der Waals surface area contributed by atoms with Gasteiger partial charge in [-0.05, 0) is 25.8 Å². The number of carboxylic acid groups (broad SMARTS) is 1. The maximum Gasteiger partial charge on any atom is 0.303 e. The van der Waals surface area contributed by atoms with Crippen molar-refractivity contribution in [3.8, 4) is 0 Å². The third-order valence-electron chi connectivity index (χ3n) is 2.58. The van der Waals surface area contributed by atoms with Crippen LogP contribution >= 0.6 is 0 Å². The van der Waals surface area contributed by atoms with Gasteiger partial charge in [-0.2, -0.15) is 0 Å². The van der Waals surface area contributed by atoms with Crippen LogP contribution in [0.4, 0.5) is 0 Å². The predicted molar refractivity (Wildman–Crippen MR) is 76.7 cm³/mol. The molecule has 0 bridgehead atoms. The van der Waals surface area contributed by atoms with Crippen LogP contribution in [0.3, 0.4) is 0 Å². The number of amides is 2. The Hall–Kier alpha value is -1.63. The fraction of sp³-hybridized carbons (Fsp3) is 0.769. The van der Waals surface area contributed by atoms with E-state index in [-0.39, 0.29) is 24.7 Å². The van der Waals surface area contributed by atoms with Gasteiger partial charge in [-0.15, -0.1) is 0 Å². The summed E-state index contributed by atoms with van der Waals surface area (Å²) in [7, 11) is 1.50. The number of hydrogen-bond acceptors (Lipinski definition) is 4. The number of nitrogens with two attached hydrogens (primary N) is 2. The van der Waals surface area contributed by atoms with Gasteiger partial charge in [0, 0.05) is 12.3 Å². The van der Waals surface area contributed by atoms with Crippen LogP contribution in [0, 0.1) is 11.8 Å². The van der Waals surface area contributed by atoms with Crippen LogP contribution in [-0.4, -0.2) is 36.0 Å². The molecule has 0 heterocycles. The standard InChI is InChI=1S/C12H22N2O4.CH5N/c1-7(2)6-8(3)12(18)14-9(11(13)17)4-5-10(15)16;1-2/h7-9H,4-6H2,1-3H3,(H2,13,17)(H,14,18)(H,15,16);2H2,1H3. The van der Waals surface area contributed by atoms with E-state index in [0.29, 0.717) is 12.3 Å². The van der Waals surface area contributed by atoms with Crippen molar-refractivity contribution in [2.75, 3.05) is 7.05 Å². The Morgan fingerprint density at radius 3 is 2.00 bits per heavy atom. The Kier molecular flexibility index (Phi) is 11.6. The van der Waals surface area contributed by atoms with Crippen molar-refractivity contribution in [1.29, 1.82) is 0 Å². The number of carboxylic acids is 1. The van der Waals surface area contributed by atoms with Gasteiger partial charge in [-0.1, -0.05) is 20.8 Å². The normalized spacial score (nSPS) is 12.9. The Morgan fingerprint density at radius 1 is 1.15 bits per heavy atom. The zero-order chi connectivity index (χ0) is 16.3. The minimum absolute atomic E-state index is 0.0187. The van der Waals surface area contributed by atoms with Crippen molar-refractivity contribution in [2.45, 2.75) is 46.1 Å². The van der Waals surface area contributed by atoms with Crippen LogP contribution in [0.15, 0.2) is 0 Å². The summed E-state index contributed by atoms with van der Waals surface area (Å²) in [5.74, 6) is -1.85. The third-order valence-corrected chi connectivity index (χ3v) is 2.58. The fourth-order valence-corrected chi connectivity index (χ4v) is 1.68. The second-order valence-corrected chi connectivity index (χ2v) is 4.93. The number of primary amides is 1. The van der Waals surface area contributed by atoms with Crippen LogP contribution in [0.25, 0.3) is 0 Å². The smallest absolute Gasteiger partial charge is 0.303 e. The topological polar surface area (TPSA) is 136 Å². The van der Waals surface area contributed by atoms with Crippen LogP contribution in [0.2, 0.25) is 0 Å². The highest BCUT2D eigenvalue weighted by Crippen LogP contribution is 2.11. The first-order valence-electron chi connectivity index (χ1n) is 6.63. The monoisotopic (exact) mass is 289 g/mol. The summed E-state index contributed by atoms with van der Waals surface area (Å²) in [5.41, 5.74) is 9.63. The zero-order valence-corrected chi connectivity index (χ0v) is 12.7. The molecule has 2 atom stereocenters. The molecule has 7 heteroatoms. The Labute approximate surface area is 120 Å². The van der Waals surface area contributed by atoms with E-state index < -0.39 is 17.9 Å². The Morgan fingerprint density at radius 2 is 1.65 bits per heavy atom. The van der Waals surface area contributed by atoms with Gasteiger partial charge < -0.3 is 21.9 Å². The summed E-state index contributed by atoms with van der Waals surface area (Å²) in [6.45, 7) is 5.77. The predicted octanol–water partition coefficient (Wildman–Crippen LogP) is 0.0784. The average molecular weight is 289 g/mol. The third kappa shape index (κ3) is 10.3. The zero-order valence-electron chi connectivity index (χ0n) is 12.7. The highest BCUT2D eigenvalue weighted by Gasteiger charge is 2.22. The van der Waals surface area contributed by atoms with Gasteiger partial charge in [0.25, 0.3) is 0 Å². The van der Waals surface area contributed by atoms with Gasteiger partial charge in [0.15, 0.2) is 0 Å². The molecule has 0 fully saturated rings. The van der Waals surface area contributed by atoms with Crippen molar-refractivity contribution in [1.82, 2.24) is 5.32 Å². The van der Waals surface area contributed by atoms with Gasteiger partial charge in [0.2, 0.25) is 11.8 Å². The first-order chi connectivity index (χ1) is 9.23. The molecule has 0 aromatic rings. The largest absolute Gasteiger partial charge is 0.481 e. The van der Waals surface area contributed by atoms with E-state index in [1.165, 1.54) is 7.05 Å². The Bertz CT molecular complexity index is 319. The molecule has 7 nitrogen and oxygen atoms in total. The van der Waals surface area contributed by atoms with Crippen LogP contribution < -0.4 is 16.8 Å². The molecular weight excluding hydrogens is 262 g/mol. The van der Waals surface area contributed by atoms with Crippen molar-refractivity contribution in [3.63, 3.8) is 0 Å². The van der Waals surface area contributed by atoms with E-state index in [1.54, 1.807) is 6.92 Å². The summed E-state index contributed by atoms with van der Waals surface area (Å²) in [6.07, 6.45) is 0.521. The van der Waals surface area contributed by atoms with Crippen molar-refractivity contribution in [3.05, 3.63) is 0 Å². The lowest BCUT2D eigenvalue weighted by molar-refractivity contribution is -0.138. The van der Waals surface area contributed by atoms with Crippen LogP contribution in [0.1, 0.15) is 40.0 Å². The van der Waals surface area contributed by atoms with Gasteiger partial charge >= 0.3 is 5.97 Å². The highest BCUT2D eigenvalue weighted by atomic mass is 16.4. The van der Waals surface area contributed by atoms with Gasteiger partial charge in [0.05, 0.1) is 0 Å². The number of nitrogens with one attached hydrogen (secondary N) is 1. The number of carbonyl (C=O) groups is 3. The molecule has 6 N–H and O–H groups in total. The molecule has 0 aliphatic heterocycles. The molecular formula is C13H27N3O4. The second kappa shape index (κ2) is 11.2. The molecule has 0 aliphatic rings.